The van der Waals surface area contributed by atoms with Crippen molar-refractivity contribution in [3.05, 3.63) is 37.9 Å². The summed E-state index contributed by atoms with van der Waals surface area (Å²) in [5.74, 6) is -2.60. The Morgan fingerprint density at radius 3 is 2.57 bits per heavy atom. The number of hydrogen-bond acceptors (Lipinski definition) is 3. The number of nitriles is 1. The predicted octanol–water partition coefficient (Wildman–Crippen LogP) is 2.51. The predicted molar refractivity (Wildman–Crippen MR) is 45.4 cm³/mol. The van der Waals surface area contributed by atoms with Gasteiger partial charge in [-0.15, -0.1) is 0 Å². The third-order valence-electron chi connectivity index (χ3n) is 1.44. The van der Waals surface area contributed by atoms with Gasteiger partial charge >= 0.3 is 5.69 Å². The summed E-state index contributed by atoms with van der Waals surface area (Å²) in [5, 5.41) is 18.7. The molecule has 72 valence electrons. The Labute approximate surface area is 85.0 Å². The molecule has 1 aromatic carbocycles. The van der Waals surface area contributed by atoms with Crippen molar-refractivity contribution >= 4 is 21.6 Å². The first-order valence-electron chi connectivity index (χ1n) is 3.21. The molecule has 1 aromatic rings. The summed E-state index contributed by atoms with van der Waals surface area (Å²) in [4.78, 5) is 9.30. The molecule has 0 saturated heterocycles. The molecule has 0 atom stereocenters. The van der Waals surface area contributed by atoms with Gasteiger partial charge in [-0.25, -0.2) is 4.39 Å². The van der Waals surface area contributed by atoms with Gasteiger partial charge in [0.15, 0.2) is 0 Å². The van der Waals surface area contributed by atoms with Crippen LogP contribution in [0.4, 0.5) is 14.5 Å². The highest BCUT2D eigenvalue weighted by molar-refractivity contribution is 9.10. The Kier molecular flexibility index (Phi) is 2.76. The van der Waals surface area contributed by atoms with E-state index in [0.29, 0.717) is 6.07 Å². The lowest BCUT2D eigenvalue weighted by molar-refractivity contribution is -0.388. The van der Waals surface area contributed by atoms with Crippen molar-refractivity contribution in [2.24, 2.45) is 0 Å². The summed E-state index contributed by atoms with van der Waals surface area (Å²) >= 11 is 2.63. The molecule has 14 heavy (non-hydrogen) atoms. The van der Waals surface area contributed by atoms with E-state index >= 15 is 0 Å². The first-order valence-corrected chi connectivity index (χ1v) is 4.00. The summed E-state index contributed by atoms with van der Waals surface area (Å²) in [7, 11) is 0. The molecule has 0 saturated carbocycles. The third kappa shape index (κ3) is 1.56. The summed E-state index contributed by atoms with van der Waals surface area (Å²) in [5.41, 5.74) is -1.90. The SMILES string of the molecule is N#Cc1c(F)cc(Br)c([N+](=O)[O-])c1F. The van der Waals surface area contributed by atoms with Crippen LogP contribution in [-0.2, 0) is 0 Å². The summed E-state index contributed by atoms with van der Waals surface area (Å²) in [6, 6.07) is 1.89. The lowest BCUT2D eigenvalue weighted by atomic mass is 10.2. The molecule has 0 aliphatic carbocycles. The number of rotatable bonds is 1. The highest BCUT2D eigenvalue weighted by Gasteiger charge is 2.25. The highest BCUT2D eigenvalue weighted by atomic mass is 79.9. The Hall–Kier alpha value is -1.55. The van der Waals surface area contributed by atoms with Crippen molar-refractivity contribution in [3.8, 4) is 6.07 Å². The molecule has 4 nitrogen and oxygen atoms in total. The van der Waals surface area contributed by atoms with Crippen molar-refractivity contribution in [1.82, 2.24) is 0 Å². The van der Waals surface area contributed by atoms with Crippen molar-refractivity contribution in [1.29, 1.82) is 5.26 Å². The first kappa shape index (κ1) is 10.5. The average Bonchev–Trinajstić information content (AvgIpc) is 2.02. The molecule has 0 heterocycles. The van der Waals surface area contributed by atoms with Crippen molar-refractivity contribution < 1.29 is 13.7 Å². The van der Waals surface area contributed by atoms with Crippen molar-refractivity contribution in [2.45, 2.75) is 0 Å². The number of halogens is 3. The van der Waals surface area contributed by atoms with E-state index in [-0.39, 0.29) is 4.47 Å². The van der Waals surface area contributed by atoms with Crippen molar-refractivity contribution in [2.75, 3.05) is 0 Å². The molecule has 0 bridgehead atoms. The van der Waals surface area contributed by atoms with Crippen LogP contribution in [0.1, 0.15) is 5.56 Å². The van der Waals surface area contributed by atoms with E-state index in [2.05, 4.69) is 15.9 Å². The molecule has 0 aliphatic rings. The number of benzene rings is 1. The zero-order chi connectivity index (χ0) is 10.9. The van der Waals surface area contributed by atoms with Crippen LogP contribution in [-0.4, -0.2) is 4.92 Å². The van der Waals surface area contributed by atoms with Crippen molar-refractivity contribution in [3.63, 3.8) is 0 Å². The van der Waals surface area contributed by atoms with Gasteiger partial charge in [0.1, 0.15) is 21.9 Å². The maximum Gasteiger partial charge on any atom is 0.320 e. The summed E-state index contributed by atoms with van der Waals surface area (Å²) in [6.07, 6.45) is 0. The minimum atomic E-state index is -1.47. The Morgan fingerprint density at radius 1 is 1.57 bits per heavy atom. The maximum atomic E-state index is 13.1. The number of nitro benzene ring substituents is 1. The summed E-state index contributed by atoms with van der Waals surface area (Å²) in [6.45, 7) is 0. The van der Waals surface area contributed by atoms with Gasteiger partial charge in [0.2, 0.25) is 5.82 Å². The molecule has 0 spiro atoms. The van der Waals surface area contributed by atoms with Gasteiger partial charge in [-0.2, -0.15) is 9.65 Å². The third-order valence-corrected chi connectivity index (χ3v) is 2.04. The molecule has 0 amide bonds. The fourth-order valence-corrected chi connectivity index (χ4v) is 1.37. The van der Waals surface area contributed by atoms with E-state index in [9.17, 15) is 18.9 Å². The van der Waals surface area contributed by atoms with Gasteiger partial charge < -0.3 is 0 Å². The fourth-order valence-electron chi connectivity index (χ4n) is 0.850. The number of hydrogen-bond donors (Lipinski definition) is 0. The number of nitrogens with zero attached hydrogens (tertiary/aromatic N) is 2. The second-order valence-electron chi connectivity index (χ2n) is 2.25. The zero-order valence-electron chi connectivity index (χ0n) is 6.42. The first-order chi connectivity index (χ1) is 6.49. The standard InChI is InChI=1S/C7HBrF2N2O2/c8-4-1-5(9)3(2-11)6(10)7(4)12(13)14/h1H. The molecule has 7 heteroatoms. The van der Waals surface area contributed by atoms with E-state index < -0.39 is 27.8 Å². The molecule has 0 unspecified atom stereocenters. The molecule has 0 radical (unpaired) electrons. The normalized spacial score (nSPS) is 9.57. The van der Waals surface area contributed by atoms with Gasteiger partial charge in [0.25, 0.3) is 0 Å². The molecule has 0 aliphatic heterocycles. The Balaban J connectivity index is 3.62. The molecular formula is C7HBrF2N2O2. The van der Waals surface area contributed by atoms with Crippen LogP contribution < -0.4 is 0 Å². The second kappa shape index (κ2) is 3.67. The molecular weight excluding hydrogens is 262 g/mol. The van der Waals surface area contributed by atoms with Crippen LogP contribution in [0.15, 0.2) is 10.5 Å². The van der Waals surface area contributed by atoms with E-state index in [0.717, 1.165) is 0 Å². The van der Waals surface area contributed by atoms with E-state index in [1.807, 2.05) is 0 Å². The van der Waals surface area contributed by atoms with E-state index in [4.69, 9.17) is 5.26 Å². The van der Waals surface area contributed by atoms with Gasteiger partial charge in [-0.1, -0.05) is 0 Å². The maximum absolute atomic E-state index is 13.1. The Morgan fingerprint density at radius 2 is 2.14 bits per heavy atom. The largest absolute Gasteiger partial charge is 0.320 e. The Bertz CT molecular complexity index is 456. The van der Waals surface area contributed by atoms with Crippen LogP contribution in [0.3, 0.4) is 0 Å². The minimum Gasteiger partial charge on any atom is -0.258 e. The minimum absolute atomic E-state index is 0.337. The summed E-state index contributed by atoms with van der Waals surface area (Å²) < 4.78 is 25.6. The molecule has 0 N–H and O–H groups in total. The van der Waals surface area contributed by atoms with Crippen LogP contribution in [0, 0.1) is 33.1 Å². The van der Waals surface area contributed by atoms with Crippen LogP contribution in [0.2, 0.25) is 0 Å². The second-order valence-corrected chi connectivity index (χ2v) is 3.10. The van der Waals surface area contributed by atoms with Gasteiger partial charge in [0.05, 0.1) is 4.92 Å². The molecule has 0 fully saturated rings. The molecule has 0 aromatic heterocycles. The fraction of sp³-hybridized carbons (Fsp3) is 0. The van der Waals surface area contributed by atoms with Gasteiger partial charge in [-0.3, -0.25) is 10.1 Å². The van der Waals surface area contributed by atoms with E-state index in [1.54, 1.807) is 0 Å². The monoisotopic (exact) mass is 262 g/mol. The zero-order valence-corrected chi connectivity index (χ0v) is 8.01. The molecule has 1 rings (SSSR count). The van der Waals surface area contributed by atoms with Crippen LogP contribution in [0.25, 0.3) is 0 Å². The van der Waals surface area contributed by atoms with Crippen LogP contribution in [0.5, 0.6) is 0 Å². The topological polar surface area (TPSA) is 66.9 Å². The smallest absolute Gasteiger partial charge is 0.258 e. The van der Waals surface area contributed by atoms with E-state index in [1.165, 1.54) is 6.07 Å². The van der Waals surface area contributed by atoms with Gasteiger partial charge in [0, 0.05) is 0 Å². The van der Waals surface area contributed by atoms with Crippen LogP contribution >= 0.6 is 15.9 Å². The average molecular weight is 263 g/mol. The lowest BCUT2D eigenvalue weighted by Gasteiger charge is -1.99. The highest BCUT2D eigenvalue weighted by Crippen LogP contribution is 2.31. The van der Waals surface area contributed by atoms with Gasteiger partial charge in [-0.05, 0) is 22.0 Å². The lowest BCUT2D eigenvalue weighted by Crippen LogP contribution is -1.99. The number of nitro groups is 1. The quantitative estimate of drug-likeness (QED) is 0.577.